The maximum Gasteiger partial charge on any atom is 0.163 e. The number of nitrogens with zero attached hydrogens (tertiary/aromatic N) is 3. The van der Waals surface area contributed by atoms with Gasteiger partial charge in [-0.3, -0.25) is 0 Å². The van der Waals surface area contributed by atoms with Crippen molar-refractivity contribution in [3.8, 4) is 45.0 Å². The second-order valence-electron chi connectivity index (χ2n) is 9.65. The molecule has 37 heavy (non-hydrogen) atoms. The predicted molar refractivity (Wildman–Crippen MR) is 147 cm³/mol. The van der Waals surface area contributed by atoms with Gasteiger partial charge < -0.3 is 0 Å². The lowest BCUT2D eigenvalue weighted by Gasteiger charge is -2.30. The van der Waals surface area contributed by atoms with Gasteiger partial charge in [0, 0.05) is 11.1 Å². The van der Waals surface area contributed by atoms with Gasteiger partial charge >= 0.3 is 0 Å². The number of aromatic nitrogens is 3. The highest BCUT2D eigenvalue weighted by Gasteiger charge is 2.51. The largest absolute Gasteiger partial charge is 0.217 e. The van der Waals surface area contributed by atoms with Crippen molar-refractivity contribution in [2.45, 2.75) is 5.41 Å². The third-order valence-electron chi connectivity index (χ3n) is 7.86. The average molecular weight is 472 g/mol. The Labute approximate surface area is 215 Å². The molecule has 2 aliphatic carbocycles. The topological polar surface area (TPSA) is 38.7 Å². The molecule has 3 heteroatoms. The monoisotopic (exact) mass is 471 g/mol. The van der Waals surface area contributed by atoms with Crippen molar-refractivity contribution in [1.82, 2.24) is 15.0 Å². The van der Waals surface area contributed by atoms with Crippen LogP contribution < -0.4 is 0 Å². The van der Waals surface area contributed by atoms with Gasteiger partial charge in [-0.2, -0.15) is 0 Å². The average Bonchev–Trinajstić information content (AvgIpc) is 3.45. The van der Waals surface area contributed by atoms with Gasteiger partial charge in [0.2, 0.25) is 0 Å². The van der Waals surface area contributed by atoms with E-state index in [0.29, 0.717) is 11.6 Å². The number of fused-ring (bicyclic) bond motifs is 10. The molecule has 5 aromatic carbocycles. The van der Waals surface area contributed by atoms with E-state index >= 15 is 0 Å². The first-order valence-corrected chi connectivity index (χ1v) is 12.5. The van der Waals surface area contributed by atoms with Gasteiger partial charge in [0.15, 0.2) is 11.6 Å². The van der Waals surface area contributed by atoms with E-state index in [-0.39, 0.29) is 5.41 Å². The minimum absolute atomic E-state index is 0.327. The van der Waals surface area contributed by atoms with Crippen LogP contribution in [0, 0.1) is 0 Å². The summed E-state index contributed by atoms with van der Waals surface area (Å²) in [5, 5.41) is 0. The van der Waals surface area contributed by atoms with Crippen molar-refractivity contribution in [2.75, 3.05) is 0 Å². The fourth-order valence-corrected chi connectivity index (χ4v) is 6.40. The number of rotatable bonds is 2. The summed E-state index contributed by atoms with van der Waals surface area (Å²) < 4.78 is 0. The van der Waals surface area contributed by atoms with Crippen LogP contribution in [0.1, 0.15) is 22.3 Å². The Kier molecular flexibility index (Phi) is 4.15. The molecule has 0 aliphatic heterocycles. The molecule has 3 nitrogen and oxygen atoms in total. The normalized spacial score (nSPS) is 13.6. The number of hydrogen-bond acceptors (Lipinski definition) is 3. The summed E-state index contributed by atoms with van der Waals surface area (Å²) in [5.41, 5.74) is 12.1. The molecule has 1 aromatic heterocycles. The third kappa shape index (κ3) is 2.68. The van der Waals surface area contributed by atoms with Crippen molar-refractivity contribution in [1.29, 1.82) is 0 Å². The third-order valence-corrected chi connectivity index (χ3v) is 7.86. The van der Waals surface area contributed by atoms with Crippen LogP contribution in [0.25, 0.3) is 45.0 Å². The molecule has 6 aromatic rings. The minimum Gasteiger partial charge on any atom is -0.217 e. The smallest absolute Gasteiger partial charge is 0.163 e. The Balaban J connectivity index is 1.38. The molecule has 0 unspecified atom stereocenters. The fraction of sp³-hybridized carbons (Fsp3) is 0.0294. The van der Waals surface area contributed by atoms with Crippen LogP contribution in [0.4, 0.5) is 0 Å². The first-order valence-electron chi connectivity index (χ1n) is 12.5. The Morgan fingerprint density at radius 2 is 0.892 bits per heavy atom. The minimum atomic E-state index is -0.327. The van der Waals surface area contributed by atoms with Crippen LogP contribution in [0.2, 0.25) is 0 Å². The second-order valence-corrected chi connectivity index (χ2v) is 9.65. The molecule has 0 bridgehead atoms. The van der Waals surface area contributed by atoms with Crippen LogP contribution in [0.3, 0.4) is 0 Å². The zero-order chi connectivity index (χ0) is 24.4. The molecule has 0 radical (unpaired) electrons. The molecule has 0 fully saturated rings. The summed E-state index contributed by atoms with van der Waals surface area (Å²) in [7, 11) is 0. The molecule has 0 saturated carbocycles. The van der Waals surface area contributed by atoms with Crippen molar-refractivity contribution in [3.63, 3.8) is 0 Å². The van der Waals surface area contributed by atoms with Crippen molar-refractivity contribution >= 4 is 0 Å². The Morgan fingerprint density at radius 1 is 0.405 bits per heavy atom. The van der Waals surface area contributed by atoms with E-state index < -0.39 is 0 Å². The highest BCUT2D eigenvalue weighted by Crippen LogP contribution is 2.62. The molecule has 1 heterocycles. The van der Waals surface area contributed by atoms with Gasteiger partial charge in [-0.15, -0.1) is 0 Å². The molecular weight excluding hydrogens is 450 g/mol. The maximum absolute atomic E-state index is 4.83. The van der Waals surface area contributed by atoms with E-state index in [1.54, 1.807) is 6.33 Å². The lowest BCUT2D eigenvalue weighted by atomic mass is 9.70. The molecule has 1 spiro atoms. The quantitative estimate of drug-likeness (QED) is 0.261. The van der Waals surface area contributed by atoms with E-state index in [2.05, 4.69) is 101 Å². The zero-order valence-corrected chi connectivity index (χ0v) is 20.0. The van der Waals surface area contributed by atoms with Crippen molar-refractivity contribution in [3.05, 3.63) is 150 Å². The highest BCUT2D eigenvalue weighted by atomic mass is 15.0. The summed E-state index contributed by atoms with van der Waals surface area (Å²) in [5.74, 6) is 1.36. The Bertz CT molecular complexity index is 1790. The van der Waals surface area contributed by atoms with Gasteiger partial charge in [0.05, 0.1) is 5.41 Å². The van der Waals surface area contributed by atoms with E-state index in [1.165, 1.54) is 44.5 Å². The molecule has 0 N–H and O–H groups in total. The van der Waals surface area contributed by atoms with E-state index in [0.717, 1.165) is 11.1 Å². The lowest BCUT2D eigenvalue weighted by Crippen LogP contribution is -2.25. The van der Waals surface area contributed by atoms with Gasteiger partial charge in [-0.25, -0.2) is 15.0 Å². The highest BCUT2D eigenvalue weighted by molar-refractivity contribution is 5.95. The van der Waals surface area contributed by atoms with Crippen LogP contribution in [-0.4, -0.2) is 15.0 Å². The van der Waals surface area contributed by atoms with Crippen LogP contribution >= 0.6 is 0 Å². The molecule has 2 aliphatic rings. The summed E-state index contributed by atoms with van der Waals surface area (Å²) in [6.45, 7) is 0. The van der Waals surface area contributed by atoms with Crippen LogP contribution in [0.15, 0.2) is 128 Å². The van der Waals surface area contributed by atoms with Crippen LogP contribution in [-0.2, 0) is 5.41 Å². The SMILES string of the molecule is c1ccc(-c2ncnc(-c3ccc4c(c3)-c3ccccc3C43c4ccccc4-c4ccccc43)n2)cc1. The van der Waals surface area contributed by atoms with Gasteiger partial charge in [0.25, 0.3) is 0 Å². The summed E-state index contributed by atoms with van der Waals surface area (Å²) in [6, 6.07) is 43.3. The summed E-state index contributed by atoms with van der Waals surface area (Å²) >= 11 is 0. The Morgan fingerprint density at radius 3 is 1.51 bits per heavy atom. The molecule has 0 atom stereocenters. The van der Waals surface area contributed by atoms with Gasteiger partial charge in [0.1, 0.15) is 6.33 Å². The molecule has 8 rings (SSSR count). The molecule has 0 saturated heterocycles. The van der Waals surface area contributed by atoms with Gasteiger partial charge in [-0.1, -0.05) is 115 Å². The predicted octanol–water partition coefficient (Wildman–Crippen LogP) is 7.55. The second kappa shape index (κ2) is 7.55. The van der Waals surface area contributed by atoms with Crippen molar-refractivity contribution in [2.24, 2.45) is 0 Å². The molecule has 172 valence electrons. The fourth-order valence-electron chi connectivity index (χ4n) is 6.40. The Hall–Kier alpha value is -4.89. The summed E-state index contributed by atoms with van der Waals surface area (Å²) in [6.07, 6.45) is 1.61. The molecule has 0 amide bonds. The van der Waals surface area contributed by atoms with E-state index in [1.807, 2.05) is 30.3 Å². The first-order chi connectivity index (χ1) is 18.4. The molecular formula is C34H21N3. The number of hydrogen-bond donors (Lipinski definition) is 0. The van der Waals surface area contributed by atoms with Crippen LogP contribution in [0.5, 0.6) is 0 Å². The maximum atomic E-state index is 4.83. The summed E-state index contributed by atoms with van der Waals surface area (Å²) in [4.78, 5) is 13.8. The van der Waals surface area contributed by atoms with Crippen molar-refractivity contribution < 1.29 is 0 Å². The first kappa shape index (κ1) is 20.3. The number of benzene rings is 5. The van der Waals surface area contributed by atoms with E-state index in [4.69, 9.17) is 4.98 Å². The lowest BCUT2D eigenvalue weighted by molar-refractivity contribution is 0.794. The standard InChI is InChI=1S/C34H21N3/c1-2-10-22(11-3-1)32-35-21-36-33(37-32)23-18-19-31-27(20-23)26-14-6-9-17-30(26)34(31)28-15-7-4-12-24(28)25-13-5-8-16-29(25)34/h1-21H. The zero-order valence-electron chi connectivity index (χ0n) is 20.0. The van der Waals surface area contributed by atoms with Gasteiger partial charge in [-0.05, 0) is 50.6 Å². The van der Waals surface area contributed by atoms with E-state index in [9.17, 15) is 0 Å².